The minimum Gasteiger partial charge on any atom is -0.314 e. The average Bonchev–Trinajstić information content (AvgIpc) is 2.39. The Bertz CT molecular complexity index is 606. The molecule has 0 spiro atoms. The normalized spacial score (nSPS) is 16.8. The Kier molecular flexibility index (Phi) is 4.27. The quantitative estimate of drug-likeness (QED) is 0.863. The molecule has 2 N–H and O–H groups in total. The second-order valence-corrected chi connectivity index (χ2v) is 6.16. The van der Waals surface area contributed by atoms with E-state index < -0.39 is 10.2 Å². The average molecular weight is 301 g/mol. The zero-order chi connectivity index (χ0) is 13.9. The molecule has 1 aromatic rings. The first kappa shape index (κ1) is 14.1. The number of anilines is 1. The van der Waals surface area contributed by atoms with Gasteiger partial charge in [-0.1, -0.05) is 11.6 Å². The van der Waals surface area contributed by atoms with E-state index in [2.05, 4.69) is 10.0 Å². The van der Waals surface area contributed by atoms with Crippen LogP contribution in [0.1, 0.15) is 5.56 Å². The molecule has 0 unspecified atom stereocenters. The Balaban J connectivity index is 2.25. The van der Waals surface area contributed by atoms with Crippen LogP contribution in [0.2, 0.25) is 5.02 Å². The van der Waals surface area contributed by atoms with Gasteiger partial charge < -0.3 is 5.32 Å². The van der Waals surface area contributed by atoms with E-state index in [1.54, 1.807) is 6.07 Å². The Labute approximate surface area is 117 Å². The molecule has 1 fully saturated rings. The molecule has 0 saturated carbocycles. The Hall–Kier alpha value is -1.33. The van der Waals surface area contributed by atoms with Crippen molar-refractivity contribution in [1.82, 2.24) is 9.62 Å². The molecule has 8 heteroatoms. The molecule has 19 heavy (non-hydrogen) atoms. The van der Waals surface area contributed by atoms with Gasteiger partial charge in [0.2, 0.25) is 0 Å². The van der Waals surface area contributed by atoms with Crippen LogP contribution >= 0.6 is 11.6 Å². The van der Waals surface area contributed by atoms with E-state index in [4.69, 9.17) is 16.9 Å². The number of halogens is 1. The third-order valence-corrected chi connectivity index (χ3v) is 4.51. The van der Waals surface area contributed by atoms with Gasteiger partial charge in [-0.3, -0.25) is 4.72 Å². The van der Waals surface area contributed by atoms with Gasteiger partial charge in [0, 0.05) is 31.2 Å². The van der Waals surface area contributed by atoms with Crippen LogP contribution in [0.15, 0.2) is 18.2 Å². The minimum atomic E-state index is -3.65. The molecular weight excluding hydrogens is 288 g/mol. The van der Waals surface area contributed by atoms with Gasteiger partial charge in [0.25, 0.3) is 0 Å². The molecule has 1 heterocycles. The largest absolute Gasteiger partial charge is 0.314 e. The van der Waals surface area contributed by atoms with Gasteiger partial charge in [-0.05, 0) is 18.2 Å². The smallest absolute Gasteiger partial charge is 0.301 e. The van der Waals surface area contributed by atoms with E-state index in [9.17, 15) is 8.42 Å². The summed E-state index contributed by atoms with van der Waals surface area (Å²) in [4.78, 5) is 0. The molecule has 0 atom stereocenters. The fourth-order valence-corrected chi connectivity index (χ4v) is 3.20. The van der Waals surface area contributed by atoms with Crippen LogP contribution in [-0.2, 0) is 10.2 Å². The maximum Gasteiger partial charge on any atom is 0.301 e. The molecule has 0 amide bonds. The molecule has 6 nitrogen and oxygen atoms in total. The van der Waals surface area contributed by atoms with Gasteiger partial charge in [0.1, 0.15) is 6.07 Å². The lowest BCUT2D eigenvalue weighted by Crippen LogP contribution is -2.48. The van der Waals surface area contributed by atoms with E-state index in [1.807, 2.05) is 6.07 Å². The van der Waals surface area contributed by atoms with Crippen LogP contribution in [0.3, 0.4) is 0 Å². The van der Waals surface area contributed by atoms with Crippen molar-refractivity contribution in [3.8, 4) is 6.07 Å². The van der Waals surface area contributed by atoms with Gasteiger partial charge >= 0.3 is 10.2 Å². The van der Waals surface area contributed by atoms with Gasteiger partial charge in [-0.2, -0.15) is 18.0 Å². The number of piperazine rings is 1. The molecule has 2 rings (SSSR count). The SMILES string of the molecule is N#Cc1ccc(Cl)cc1NS(=O)(=O)N1CCNCC1. The van der Waals surface area contributed by atoms with E-state index in [-0.39, 0.29) is 11.3 Å². The summed E-state index contributed by atoms with van der Waals surface area (Å²) in [6, 6.07) is 6.39. The fraction of sp³-hybridized carbons (Fsp3) is 0.364. The van der Waals surface area contributed by atoms with Crippen LogP contribution in [0, 0.1) is 11.3 Å². The van der Waals surface area contributed by atoms with Gasteiger partial charge in [0.15, 0.2) is 0 Å². The summed E-state index contributed by atoms with van der Waals surface area (Å²) in [5.74, 6) is 0. The second-order valence-electron chi connectivity index (χ2n) is 4.06. The highest BCUT2D eigenvalue weighted by atomic mass is 35.5. The summed E-state index contributed by atoms with van der Waals surface area (Å²) in [5.41, 5.74) is 0.441. The summed E-state index contributed by atoms with van der Waals surface area (Å²) in [5, 5.41) is 12.4. The second kappa shape index (κ2) is 5.75. The van der Waals surface area contributed by atoms with Crippen molar-refractivity contribution in [2.45, 2.75) is 0 Å². The van der Waals surface area contributed by atoms with E-state index in [0.717, 1.165) is 0 Å². The zero-order valence-corrected chi connectivity index (χ0v) is 11.6. The molecular formula is C11H13ClN4O2S. The van der Waals surface area contributed by atoms with Crippen LogP contribution in [0.5, 0.6) is 0 Å². The highest BCUT2D eigenvalue weighted by Crippen LogP contribution is 2.22. The molecule has 1 aromatic carbocycles. The predicted molar refractivity (Wildman–Crippen MR) is 73.2 cm³/mol. The van der Waals surface area contributed by atoms with Gasteiger partial charge in [0.05, 0.1) is 11.3 Å². The van der Waals surface area contributed by atoms with Gasteiger partial charge in [-0.15, -0.1) is 0 Å². The third-order valence-electron chi connectivity index (χ3n) is 2.76. The lowest BCUT2D eigenvalue weighted by molar-refractivity contribution is 0.362. The van der Waals surface area contributed by atoms with Crippen LogP contribution in [-0.4, -0.2) is 38.9 Å². The molecule has 0 aromatic heterocycles. The van der Waals surface area contributed by atoms with Crippen molar-refractivity contribution < 1.29 is 8.42 Å². The molecule has 102 valence electrons. The standard InChI is InChI=1S/C11H13ClN4O2S/c12-10-2-1-9(8-13)11(7-10)15-19(17,18)16-5-3-14-4-6-16/h1-2,7,14-15H,3-6H2. The van der Waals surface area contributed by atoms with Crippen molar-refractivity contribution in [2.75, 3.05) is 30.9 Å². The fourth-order valence-electron chi connectivity index (χ4n) is 1.79. The summed E-state index contributed by atoms with van der Waals surface area (Å²) in [7, 11) is -3.65. The van der Waals surface area contributed by atoms with E-state index >= 15 is 0 Å². The first-order valence-electron chi connectivity index (χ1n) is 5.71. The molecule has 1 aliphatic heterocycles. The number of nitrogens with one attached hydrogen (secondary N) is 2. The lowest BCUT2D eigenvalue weighted by atomic mass is 10.2. The van der Waals surface area contributed by atoms with Crippen LogP contribution in [0.25, 0.3) is 0 Å². The number of nitrogens with zero attached hydrogens (tertiary/aromatic N) is 2. The number of nitriles is 1. The van der Waals surface area contributed by atoms with Crippen molar-refractivity contribution in [1.29, 1.82) is 5.26 Å². The molecule has 0 radical (unpaired) electrons. The number of rotatable bonds is 3. The zero-order valence-electron chi connectivity index (χ0n) is 10.1. The number of hydrogen-bond donors (Lipinski definition) is 2. The summed E-state index contributed by atoms with van der Waals surface area (Å²) >= 11 is 5.82. The lowest BCUT2D eigenvalue weighted by Gasteiger charge is -2.27. The Morgan fingerprint density at radius 3 is 2.68 bits per heavy atom. The molecule has 1 saturated heterocycles. The summed E-state index contributed by atoms with van der Waals surface area (Å²) in [6.45, 7) is 2.03. The molecule has 1 aliphatic rings. The highest BCUT2D eigenvalue weighted by molar-refractivity contribution is 7.90. The number of benzene rings is 1. The first-order valence-corrected chi connectivity index (χ1v) is 7.53. The summed E-state index contributed by atoms with van der Waals surface area (Å²) in [6.07, 6.45) is 0. The maximum absolute atomic E-state index is 12.2. The minimum absolute atomic E-state index is 0.202. The molecule has 0 aliphatic carbocycles. The Morgan fingerprint density at radius 2 is 2.05 bits per heavy atom. The first-order chi connectivity index (χ1) is 9.03. The monoisotopic (exact) mass is 300 g/mol. The van der Waals surface area contributed by atoms with Crippen molar-refractivity contribution >= 4 is 27.5 Å². The molecule has 0 bridgehead atoms. The Morgan fingerprint density at radius 1 is 1.37 bits per heavy atom. The number of hydrogen-bond acceptors (Lipinski definition) is 4. The highest BCUT2D eigenvalue weighted by Gasteiger charge is 2.24. The van der Waals surface area contributed by atoms with E-state index in [0.29, 0.717) is 31.2 Å². The van der Waals surface area contributed by atoms with Crippen LogP contribution in [0.4, 0.5) is 5.69 Å². The predicted octanol–water partition coefficient (Wildman–Crippen LogP) is 0.774. The van der Waals surface area contributed by atoms with Crippen molar-refractivity contribution in [3.63, 3.8) is 0 Å². The van der Waals surface area contributed by atoms with E-state index in [1.165, 1.54) is 16.4 Å². The van der Waals surface area contributed by atoms with Crippen molar-refractivity contribution in [2.24, 2.45) is 0 Å². The van der Waals surface area contributed by atoms with Crippen LogP contribution < -0.4 is 10.0 Å². The third kappa shape index (κ3) is 3.36. The summed E-state index contributed by atoms with van der Waals surface area (Å²) < 4.78 is 28.1. The van der Waals surface area contributed by atoms with Gasteiger partial charge in [-0.25, -0.2) is 0 Å². The topological polar surface area (TPSA) is 85.2 Å². The maximum atomic E-state index is 12.2. The van der Waals surface area contributed by atoms with Crippen molar-refractivity contribution in [3.05, 3.63) is 28.8 Å².